The van der Waals surface area contributed by atoms with E-state index < -0.39 is 92.4 Å². The van der Waals surface area contributed by atoms with E-state index in [0.717, 1.165) is 77.4 Å². The molecule has 430 valence electrons. The van der Waals surface area contributed by atoms with Crippen molar-refractivity contribution in [2.45, 2.75) is 52.5 Å². The topological polar surface area (TPSA) is 220 Å². The molecule has 0 saturated heterocycles. The number of benzene rings is 5. The van der Waals surface area contributed by atoms with Gasteiger partial charge in [-0.3, -0.25) is 23.0 Å². The van der Waals surface area contributed by atoms with E-state index in [2.05, 4.69) is 4.98 Å². The lowest BCUT2D eigenvalue weighted by Gasteiger charge is -2.24. The summed E-state index contributed by atoms with van der Waals surface area (Å²) in [6.07, 6.45) is -15.9. The number of nitrogens with two attached hydrogens (primary N) is 2. The summed E-state index contributed by atoms with van der Waals surface area (Å²) in [6.45, 7) is -2.29. The molecule has 0 radical (unpaired) electrons. The predicted molar refractivity (Wildman–Crippen MR) is 299 cm³/mol. The Labute approximate surface area is 473 Å². The predicted octanol–water partition coefficient (Wildman–Crippen LogP) is 14.3. The van der Waals surface area contributed by atoms with Crippen molar-refractivity contribution < 1.29 is 69.7 Å². The highest BCUT2D eigenvalue weighted by atomic mass is 35.5. The number of halogens is 10. The number of rotatable bonds is 16. The van der Waals surface area contributed by atoms with Gasteiger partial charge in [0.05, 0.1) is 43.9 Å². The minimum atomic E-state index is -4.54. The first kappa shape index (κ1) is 61.7. The number of anilines is 5. The van der Waals surface area contributed by atoms with E-state index in [1.807, 2.05) is 0 Å². The summed E-state index contributed by atoms with van der Waals surface area (Å²) < 4.78 is 197. The average Bonchev–Trinajstić information content (AvgIpc) is 4.32. The van der Waals surface area contributed by atoms with Crippen LogP contribution >= 0.6 is 45.6 Å². The number of hydrogen-bond acceptors (Lipinski definition) is 14. The molecule has 0 amide bonds. The van der Waals surface area contributed by atoms with Crippen LogP contribution in [0.15, 0.2) is 166 Å². The molecule has 5 aromatic carbocycles. The number of non-ortho nitro benzene ring substituents is 1. The summed E-state index contributed by atoms with van der Waals surface area (Å²) in [5, 5.41) is 13.1. The maximum atomic E-state index is 13.0. The number of nitrogens with zero attached hydrogens (tertiary/aromatic N) is 5. The SMILES string of the molecule is Nc1ccc(S(=O)(=O)N(CCC(F)(F)F)c2cc3ccccc3s2)cc1.Nc1ccc(S(=O)(=O)N(CCC(F)(F)F)c2sc3ncccc3c2Cl)cc1.O=[N+]([O-])c1ccc(S(=O)(=O)N(CCC(F)(F)F)c2cc3ccccc3s2)cc1. The zero-order valence-corrected chi connectivity index (χ0v) is 46.7. The number of hydrogen-bond donors (Lipinski definition) is 2. The highest BCUT2D eigenvalue weighted by Gasteiger charge is 2.37. The van der Waals surface area contributed by atoms with Crippen molar-refractivity contribution in [3.63, 3.8) is 0 Å². The molecule has 0 unspecified atom stereocenters. The number of fused-ring (bicyclic) bond motifs is 3. The van der Waals surface area contributed by atoms with Crippen molar-refractivity contribution in [3.05, 3.63) is 167 Å². The molecule has 0 aliphatic heterocycles. The molecule has 9 rings (SSSR count). The zero-order chi connectivity index (χ0) is 59.3. The highest BCUT2D eigenvalue weighted by molar-refractivity contribution is 7.93. The van der Waals surface area contributed by atoms with Gasteiger partial charge in [0.25, 0.3) is 35.8 Å². The van der Waals surface area contributed by atoms with Crippen LogP contribution in [-0.4, -0.2) is 73.3 Å². The van der Waals surface area contributed by atoms with Crippen molar-refractivity contribution in [3.8, 4) is 0 Å². The molecular weight excluding hydrogens is 1230 g/mol. The van der Waals surface area contributed by atoms with Gasteiger partial charge in [0.15, 0.2) is 0 Å². The third kappa shape index (κ3) is 15.5. The van der Waals surface area contributed by atoms with Crippen LogP contribution in [0.4, 0.5) is 71.6 Å². The first-order chi connectivity index (χ1) is 37.8. The summed E-state index contributed by atoms with van der Waals surface area (Å²) in [5.74, 6) is 0. The third-order valence-corrected chi connectivity index (χ3v) is 21.0. The van der Waals surface area contributed by atoms with Gasteiger partial charge in [-0.15, -0.1) is 22.7 Å². The van der Waals surface area contributed by atoms with Crippen molar-refractivity contribution in [1.29, 1.82) is 0 Å². The fourth-order valence-corrected chi connectivity index (χ4v) is 16.1. The van der Waals surface area contributed by atoms with Gasteiger partial charge in [-0.2, -0.15) is 39.5 Å². The molecule has 0 fully saturated rings. The first-order valence-corrected chi connectivity index (χ1v) is 30.2. The lowest BCUT2D eigenvalue weighted by molar-refractivity contribution is -0.384. The van der Waals surface area contributed by atoms with E-state index in [1.54, 1.807) is 66.7 Å². The van der Waals surface area contributed by atoms with Crippen LogP contribution in [0.2, 0.25) is 5.02 Å². The molecular formula is C50H41ClF9N7O8S6. The molecule has 0 aliphatic carbocycles. The van der Waals surface area contributed by atoms with E-state index in [0.29, 0.717) is 35.6 Å². The molecule has 0 aliphatic rings. The number of sulfonamides is 3. The molecule has 4 aromatic heterocycles. The largest absolute Gasteiger partial charge is 0.399 e. The normalized spacial score (nSPS) is 12.4. The van der Waals surface area contributed by atoms with Crippen LogP contribution in [0.25, 0.3) is 30.4 Å². The molecule has 31 heteroatoms. The Morgan fingerprint density at radius 3 is 1.26 bits per heavy atom. The van der Waals surface area contributed by atoms with Crippen LogP contribution in [-0.2, 0) is 30.1 Å². The molecule has 4 N–H and O–H groups in total. The van der Waals surface area contributed by atoms with Crippen LogP contribution in [0.5, 0.6) is 0 Å². The third-order valence-electron chi connectivity index (χ3n) is 11.3. The molecule has 0 bridgehead atoms. The number of nitrogen functional groups attached to an aromatic ring is 2. The Bertz CT molecular complexity index is 3950. The fraction of sp³-hybridized carbons (Fsp3) is 0.180. The lowest BCUT2D eigenvalue weighted by Crippen LogP contribution is -2.34. The number of aromatic nitrogens is 1. The Morgan fingerprint density at radius 2 is 0.889 bits per heavy atom. The minimum absolute atomic E-state index is 0.00792. The highest BCUT2D eigenvalue weighted by Crippen LogP contribution is 2.44. The van der Waals surface area contributed by atoms with Crippen molar-refractivity contribution in [2.24, 2.45) is 0 Å². The van der Waals surface area contributed by atoms with Gasteiger partial charge >= 0.3 is 18.5 Å². The standard InChI is InChI=1S/C17H13F3N2O4S2.C17H15F3N2O2S2.C16H13ClF3N3O2S2/c18-17(19,20)9-10-21(16-11-12-3-1-2-4-15(12)27-16)28(25,26)14-7-5-13(6-8-14)22(23)24;18-17(19,20)9-10-22(16-11-12-3-1-2-4-15(12)25-16)26(23,24)14-7-5-13(21)6-8-14;17-13-12-2-1-8-22-14(12)26-15(13)23(9-7-16(18,19)20)27(24,25)11-5-3-10(21)4-6-11/h1-8,11H,9-10H2;1-8,11H,9-10,21H2;1-6,8H,7,9,21H2. The molecule has 0 saturated carbocycles. The van der Waals surface area contributed by atoms with Gasteiger partial charge in [-0.1, -0.05) is 59.3 Å². The summed E-state index contributed by atoms with van der Waals surface area (Å²) in [5.41, 5.74) is 11.5. The molecule has 4 heterocycles. The smallest absolute Gasteiger partial charge is 0.390 e. The Hall–Kier alpha value is -6.96. The van der Waals surface area contributed by atoms with Crippen LogP contribution < -0.4 is 24.4 Å². The number of alkyl halides is 9. The summed E-state index contributed by atoms with van der Waals surface area (Å²) in [4.78, 5) is 14.0. The second-order valence-electron chi connectivity index (χ2n) is 17.0. The molecule has 0 spiro atoms. The number of pyridine rings is 1. The lowest BCUT2D eigenvalue weighted by atomic mass is 10.3. The van der Waals surface area contributed by atoms with Crippen LogP contribution in [0.1, 0.15) is 19.3 Å². The van der Waals surface area contributed by atoms with Gasteiger partial charge in [0, 0.05) is 64.1 Å². The van der Waals surface area contributed by atoms with E-state index in [1.165, 1.54) is 60.8 Å². The minimum Gasteiger partial charge on any atom is -0.399 e. The molecule has 9 aromatic rings. The van der Waals surface area contributed by atoms with E-state index >= 15 is 0 Å². The molecule has 15 nitrogen and oxygen atoms in total. The number of nitro groups is 1. The summed E-state index contributed by atoms with van der Waals surface area (Å²) >= 11 is 9.39. The second-order valence-corrected chi connectivity index (χ2v) is 26.1. The quantitative estimate of drug-likeness (QED) is 0.0401. The first-order valence-electron chi connectivity index (χ1n) is 23.1. The monoisotopic (exact) mass is 1270 g/mol. The van der Waals surface area contributed by atoms with E-state index in [9.17, 15) is 74.9 Å². The summed E-state index contributed by atoms with van der Waals surface area (Å²) in [7, 11) is -12.8. The maximum absolute atomic E-state index is 13.0. The zero-order valence-electron chi connectivity index (χ0n) is 41.1. The fourth-order valence-electron chi connectivity index (χ4n) is 7.35. The van der Waals surface area contributed by atoms with Crippen molar-refractivity contribution in [2.75, 3.05) is 44.0 Å². The van der Waals surface area contributed by atoms with Crippen LogP contribution in [0.3, 0.4) is 0 Å². The van der Waals surface area contributed by atoms with Gasteiger partial charge in [-0.05, 0) is 108 Å². The van der Waals surface area contributed by atoms with Crippen molar-refractivity contribution >= 4 is 138 Å². The number of thiophene rings is 3. The molecule has 0 atom stereocenters. The molecule has 81 heavy (non-hydrogen) atoms. The maximum Gasteiger partial charge on any atom is 0.390 e. The summed E-state index contributed by atoms with van der Waals surface area (Å²) in [6, 6.07) is 35.1. The average molecular weight is 1270 g/mol. The number of nitro benzene ring substituents is 1. The Kier molecular flexibility index (Phi) is 18.8. The van der Waals surface area contributed by atoms with Crippen LogP contribution in [0, 0.1) is 10.1 Å². The van der Waals surface area contributed by atoms with E-state index in [4.69, 9.17) is 23.1 Å². The Morgan fingerprint density at radius 1 is 0.519 bits per heavy atom. The Balaban J connectivity index is 0.000000175. The van der Waals surface area contributed by atoms with Gasteiger partial charge in [0.1, 0.15) is 19.8 Å². The van der Waals surface area contributed by atoms with Crippen molar-refractivity contribution in [1.82, 2.24) is 4.98 Å². The second kappa shape index (κ2) is 24.6. The van der Waals surface area contributed by atoms with Gasteiger partial charge in [0.2, 0.25) is 0 Å². The van der Waals surface area contributed by atoms with Gasteiger partial charge < -0.3 is 11.5 Å². The van der Waals surface area contributed by atoms with Gasteiger partial charge in [-0.25, -0.2) is 30.2 Å². The van der Waals surface area contributed by atoms with E-state index in [-0.39, 0.29) is 40.4 Å².